The Morgan fingerprint density at radius 2 is 1.11 bits per heavy atom. The predicted octanol–water partition coefficient (Wildman–Crippen LogP) is 5.18. The lowest BCUT2D eigenvalue weighted by molar-refractivity contribution is -0.975. The van der Waals surface area contributed by atoms with Crippen LogP contribution in [-0.2, 0) is 4.84 Å². The normalized spacial score (nSPS) is 10.6. The molecule has 0 amide bonds. The topological polar surface area (TPSA) is 49.5 Å². The highest BCUT2D eigenvalue weighted by Crippen LogP contribution is 2.12. The SMILES string of the molecule is CCCCCCCCCCCCCCCO[N+](=O)O. The Bertz CT molecular complexity index is 198. The number of nitrogens with zero attached hydrogens (tertiary/aromatic N) is 1. The van der Waals surface area contributed by atoms with Crippen LogP contribution >= 0.6 is 0 Å². The lowest BCUT2D eigenvalue weighted by Crippen LogP contribution is -2.04. The molecule has 0 radical (unpaired) electrons. The Balaban J connectivity index is 2.93. The van der Waals surface area contributed by atoms with Gasteiger partial charge < -0.3 is 0 Å². The van der Waals surface area contributed by atoms with Crippen molar-refractivity contribution in [2.45, 2.75) is 90.4 Å². The summed E-state index contributed by atoms with van der Waals surface area (Å²) in [6.07, 6.45) is 16.8. The fourth-order valence-electron chi connectivity index (χ4n) is 2.26. The fourth-order valence-corrected chi connectivity index (χ4v) is 2.26. The average Bonchev–Trinajstić information content (AvgIpc) is 2.39. The van der Waals surface area contributed by atoms with E-state index in [0.717, 1.165) is 12.8 Å². The zero-order valence-corrected chi connectivity index (χ0v) is 12.6. The van der Waals surface area contributed by atoms with E-state index in [2.05, 4.69) is 11.8 Å². The molecule has 0 saturated carbocycles. The van der Waals surface area contributed by atoms with Crippen molar-refractivity contribution in [2.24, 2.45) is 0 Å². The van der Waals surface area contributed by atoms with E-state index in [-0.39, 0.29) is 0 Å². The van der Waals surface area contributed by atoms with E-state index in [9.17, 15) is 4.91 Å². The van der Waals surface area contributed by atoms with Crippen LogP contribution in [0.5, 0.6) is 0 Å². The van der Waals surface area contributed by atoms with Gasteiger partial charge in [-0.2, -0.15) is 4.84 Å². The molecule has 19 heavy (non-hydrogen) atoms. The van der Waals surface area contributed by atoms with Crippen molar-refractivity contribution in [1.82, 2.24) is 0 Å². The monoisotopic (exact) mass is 274 g/mol. The summed E-state index contributed by atoms with van der Waals surface area (Å²) in [6, 6.07) is 0. The van der Waals surface area contributed by atoms with Crippen molar-refractivity contribution in [1.29, 1.82) is 0 Å². The van der Waals surface area contributed by atoms with Crippen LogP contribution in [0.3, 0.4) is 0 Å². The summed E-state index contributed by atoms with van der Waals surface area (Å²) in [7, 11) is 0. The first-order valence-electron chi connectivity index (χ1n) is 8.06. The average molecular weight is 274 g/mol. The standard InChI is InChI=1S/C15H32NO3/c1-2-3-4-5-6-7-8-9-10-11-12-13-14-15-19-16(17)18/h2-15H2,1H3,(H,17,18)/q+1. The van der Waals surface area contributed by atoms with Gasteiger partial charge in [-0.3, -0.25) is 0 Å². The summed E-state index contributed by atoms with van der Waals surface area (Å²) < 4.78 is 0. The van der Waals surface area contributed by atoms with Crippen LogP contribution in [0.4, 0.5) is 0 Å². The second kappa shape index (κ2) is 15.3. The van der Waals surface area contributed by atoms with Gasteiger partial charge in [0.25, 0.3) is 0 Å². The lowest BCUT2D eigenvalue weighted by atomic mass is 10.0. The maximum atomic E-state index is 10.0. The van der Waals surface area contributed by atoms with Gasteiger partial charge >= 0.3 is 5.09 Å². The predicted molar refractivity (Wildman–Crippen MR) is 77.1 cm³/mol. The van der Waals surface area contributed by atoms with Crippen molar-refractivity contribution in [3.05, 3.63) is 4.91 Å². The molecule has 0 bridgehead atoms. The molecule has 0 aromatic rings. The smallest absolute Gasteiger partial charge is 0.200 e. The Hall–Kier alpha value is -0.800. The second-order valence-corrected chi connectivity index (χ2v) is 5.31. The number of rotatable bonds is 15. The summed E-state index contributed by atoms with van der Waals surface area (Å²) in [5.74, 6) is 0. The lowest BCUT2D eigenvalue weighted by Gasteiger charge is -2.02. The van der Waals surface area contributed by atoms with Crippen LogP contribution in [0, 0.1) is 4.91 Å². The van der Waals surface area contributed by atoms with Crippen molar-refractivity contribution < 1.29 is 15.1 Å². The van der Waals surface area contributed by atoms with Crippen LogP contribution < -0.4 is 0 Å². The van der Waals surface area contributed by atoms with E-state index < -0.39 is 5.09 Å². The molecule has 114 valence electrons. The highest BCUT2D eigenvalue weighted by molar-refractivity contribution is 4.48. The minimum atomic E-state index is -0.458. The Kier molecular flexibility index (Phi) is 14.6. The van der Waals surface area contributed by atoms with Crippen molar-refractivity contribution in [3.8, 4) is 0 Å². The molecule has 0 rings (SSSR count). The van der Waals surface area contributed by atoms with E-state index in [1.54, 1.807) is 0 Å². The highest BCUT2D eigenvalue weighted by atomic mass is 16.9. The molecule has 0 aromatic carbocycles. The molecule has 4 heteroatoms. The van der Waals surface area contributed by atoms with Crippen molar-refractivity contribution in [2.75, 3.05) is 6.61 Å². The number of unbranched alkanes of at least 4 members (excludes halogenated alkanes) is 12. The summed E-state index contributed by atoms with van der Waals surface area (Å²) in [6.45, 7) is 2.57. The Labute approximate surface area is 118 Å². The molecule has 0 aromatic heterocycles. The minimum absolute atomic E-state index is 0.317. The molecular weight excluding hydrogens is 242 g/mol. The van der Waals surface area contributed by atoms with Gasteiger partial charge in [0, 0.05) is 0 Å². The van der Waals surface area contributed by atoms with Gasteiger partial charge in [-0.15, -0.1) is 0 Å². The Morgan fingerprint density at radius 3 is 1.47 bits per heavy atom. The van der Waals surface area contributed by atoms with Gasteiger partial charge in [-0.1, -0.05) is 77.6 Å². The molecule has 4 nitrogen and oxygen atoms in total. The van der Waals surface area contributed by atoms with E-state index in [0.29, 0.717) is 6.61 Å². The summed E-state index contributed by atoms with van der Waals surface area (Å²) in [5.41, 5.74) is 0. The Morgan fingerprint density at radius 1 is 0.737 bits per heavy atom. The van der Waals surface area contributed by atoms with Gasteiger partial charge in [0.2, 0.25) is 0 Å². The third-order valence-electron chi connectivity index (χ3n) is 3.45. The maximum absolute atomic E-state index is 10.0. The third-order valence-corrected chi connectivity index (χ3v) is 3.45. The molecular formula is C15H32NO3+. The van der Waals surface area contributed by atoms with Crippen LogP contribution in [0.25, 0.3) is 0 Å². The van der Waals surface area contributed by atoms with Crippen molar-refractivity contribution >= 4 is 0 Å². The molecule has 0 atom stereocenters. The largest absolute Gasteiger partial charge is 0.475 e. The molecule has 0 spiro atoms. The molecule has 0 aliphatic rings. The number of hydrogen-bond acceptors (Lipinski definition) is 2. The van der Waals surface area contributed by atoms with Gasteiger partial charge in [-0.05, 0) is 12.8 Å². The summed E-state index contributed by atoms with van der Waals surface area (Å²) in [4.78, 5) is 14.4. The first-order valence-corrected chi connectivity index (χ1v) is 8.06. The molecule has 0 heterocycles. The number of hydrogen-bond donors (Lipinski definition) is 1. The zero-order chi connectivity index (χ0) is 14.2. The summed E-state index contributed by atoms with van der Waals surface area (Å²) in [5, 5.41) is 7.74. The quantitative estimate of drug-likeness (QED) is 0.331. The highest BCUT2D eigenvalue weighted by Gasteiger charge is 2.02. The van der Waals surface area contributed by atoms with Crippen LogP contribution in [0.2, 0.25) is 0 Å². The first kappa shape index (κ1) is 18.2. The van der Waals surface area contributed by atoms with Gasteiger partial charge in [-0.25, -0.2) is 5.21 Å². The first-order chi connectivity index (χ1) is 9.27. The van der Waals surface area contributed by atoms with Gasteiger partial charge in [0.05, 0.1) is 0 Å². The summed E-state index contributed by atoms with van der Waals surface area (Å²) >= 11 is 0. The minimum Gasteiger partial charge on any atom is -0.200 e. The van der Waals surface area contributed by atoms with Crippen LogP contribution in [0.15, 0.2) is 0 Å². The fraction of sp³-hybridized carbons (Fsp3) is 1.00. The zero-order valence-electron chi connectivity index (χ0n) is 12.6. The maximum Gasteiger partial charge on any atom is 0.475 e. The van der Waals surface area contributed by atoms with Crippen LogP contribution in [-0.4, -0.2) is 16.9 Å². The third kappa shape index (κ3) is 17.2. The molecule has 1 N–H and O–H groups in total. The van der Waals surface area contributed by atoms with E-state index >= 15 is 0 Å². The molecule has 0 unspecified atom stereocenters. The molecule has 0 aliphatic carbocycles. The molecule has 0 aliphatic heterocycles. The second-order valence-electron chi connectivity index (χ2n) is 5.31. The molecule has 0 fully saturated rings. The van der Waals surface area contributed by atoms with E-state index in [4.69, 9.17) is 5.21 Å². The van der Waals surface area contributed by atoms with Gasteiger partial charge in [0.1, 0.15) is 4.91 Å². The molecule has 0 saturated heterocycles. The van der Waals surface area contributed by atoms with Crippen LogP contribution in [0.1, 0.15) is 90.4 Å². The van der Waals surface area contributed by atoms with E-state index in [1.807, 2.05) is 0 Å². The van der Waals surface area contributed by atoms with E-state index in [1.165, 1.54) is 70.6 Å². The van der Waals surface area contributed by atoms with Gasteiger partial charge in [0.15, 0.2) is 6.61 Å². The van der Waals surface area contributed by atoms with Crippen molar-refractivity contribution in [3.63, 3.8) is 0 Å².